The van der Waals surface area contributed by atoms with Crippen molar-refractivity contribution in [2.45, 2.75) is 6.54 Å². The van der Waals surface area contributed by atoms with Crippen LogP contribution in [0.3, 0.4) is 0 Å². The fourth-order valence-corrected chi connectivity index (χ4v) is 1.85. The van der Waals surface area contributed by atoms with Gasteiger partial charge in [-0.15, -0.1) is 0 Å². The van der Waals surface area contributed by atoms with E-state index in [9.17, 15) is 0 Å². The lowest BCUT2D eigenvalue weighted by atomic mass is 10.3. The summed E-state index contributed by atoms with van der Waals surface area (Å²) < 4.78 is 5.67. The van der Waals surface area contributed by atoms with E-state index in [0.717, 1.165) is 12.3 Å². The van der Waals surface area contributed by atoms with Gasteiger partial charge in [0, 0.05) is 20.6 Å². The Labute approximate surface area is 130 Å². The first-order valence-corrected chi connectivity index (χ1v) is 7.09. The van der Waals surface area contributed by atoms with Gasteiger partial charge in [-0.1, -0.05) is 18.2 Å². The van der Waals surface area contributed by atoms with Gasteiger partial charge in [0.2, 0.25) is 11.9 Å². The maximum Gasteiger partial charge on any atom is 0.229 e. The Bertz CT molecular complexity index is 590. The minimum atomic E-state index is 0.239. The highest BCUT2D eigenvalue weighted by Gasteiger charge is 2.08. The summed E-state index contributed by atoms with van der Waals surface area (Å²) in [6.07, 6.45) is 0. The highest BCUT2D eigenvalue weighted by Crippen LogP contribution is 2.09. The van der Waals surface area contributed by atoms with Gasteiger partial charge in [-0.2, -0.15) is 15.0 Å². The fourth-order valence-electron chi connectivity index (χ4n) is 1.85. The standard InChI is InChI=1S/C15H22N6O/c1-20(2)15-18-13(17-14(16)19-15)11-21(3)9-10-22-12-7-5-4-6-8-12/h4-8H,9-11H2,1-3H3,(H2,16,17,18,19). The van der Waals surface area contributed by atoms with Crippen LogP contribution >= 0.6 is 0 Å². The highest BCUT2D eigenvalue weighted by molar-refractivity contribution is 5.32. The number of hydrogen-bond donors (Lipinski definition) is 1. The first kappa shape index (κ1) is 16.0. The summed E-state index contributed by atoms with van der Waals surface area (Å²) in [5.74, 6) is 2.33. The van der Waals surface area contributed by atoms with Crippen LogP contribution in [0.5, 0.6) is 5.75 Å². The quantitative estimate of drug-likeness (QED) is 0.818. The van der Waals surface area contributed by atoms with Crippen molar-refractivity contribution in [3.63, 3.8) is 0 Å². The van der Waals surface area contributed by atoms with Gasteiger partial charge in [-0.25, -0.2) is 0 Å². The lowest BCUT2D eigenvalue weighted by Gasteiger charge is -2.17. The van der Waals surface area contributed by atoms with Crippen molar-refractivity contribution in [2.75, 3.05) is 44.9 Å². The maximum absolute atomic E-state index is 5.72. The second-order valence-corrected chi connectivity index (χ2v) is 5.20. The summed E-state index contributed by atoms with van der Waals surface area (Å²) in [4.78, 5) is 16.5. The van der Waals surface area contributed by atoms with Crippen molar-refractivity contribution >= 4 is 11.9 Å². The second-order valence-electron chi connectivity index (χ2n) is 5.20. The van der Waals surface area contributed by atoms with E-state index in [4.69, 9.17) is 10.5 Å². The molecule has 0 radical (unpaired) electrons. The third-order valence-electron chi connectivity index (χ3n) is 2.98. The molecule has 118 valence electrons. The molecular formula is C15H22N6O. The Hall–Kier alpha value is -2.41. The molecule has 0 aliphatic heterocycles. The van der Waals surface area contributed by atoms with E-state index in [1.807, 2.05) is 51.5 Å². The predicted molar refractivity (Wildman–Crippen MR) is 86.8 cm³/mol. The molecule has 0 spiro atoms. The van der Waals surface area contributed by atoms with Crippen molar-refractivity contribution in [2.24, 2.45) is 0 Å². The van der Waals surface area contributed by atoms with Gasteiger partial charge in [0.05, 0.1) is 6.54 Å². The molecule has 0 saturated carbocycles. The number of nitrogen functional groups attached to an aromatic ring is 1. The average molecular weight is 302 g/mol. The first-order chi connectivity index (χ1) is 10.5. The number of rotatable bonds is 7. The molecule has 0 amide bonds. The summed E-state index contributed by atoms with van der Waals surface area (Å²) >= 11 is 0. The highest BCUT2D eigenvalue weighted by atomic mass is 16.5. The van der Waals surface area contributed by atoms with Gasteiger partial charge in [-0.3, -0.25) is 4.90 Å². The van der Waals surface area contributed by atoms with E-state index in [2.05, 4.69) is 19.9 Å². The van der Waals surface area contributed by atoms with Crippen molar-refractivity contribution in [1.29, 1.82) is 0 Å². The molecule has 2 aromatic rings. The lowest BCUT2D eigenvalue weighted by molar-refractivity contribution is 0.229. The number of nitrogens with zero attached hydrogens (tertiary/aromatic N) is 5. The van der Waals surface area contributed by atoms with Crippen LogP contribution in [-0.2, 0) is 6.54 Å². The van der Waals surface area contributed by atoms with Crippen LogP contribution < -0.4 is 15.4 Å². The molecule has 0 saturated heterocycles. The Morgan fingerprint density at radius 3 is 2.45 bits per heavy atom. The summed E-state index contributed by atoms with van der Waals surface area (Å²) in [6.45, 7) is 1.95. The molecule has 0 bridgehead atoms. The van der Waals surface area contributed by atoms with Crippen LogP contribution in [-0.4, -0.2) is 54.1 Å². The number of para-hydroxylation sites is 1. The molecule has 2 rings (SSSR count). The van der Waals surface area contributed by atoms with Crippen LogP contribution in [0.4, 0.5) is 11.9 Å². The zero-order valence-corrected chi connectivity index (χ0v) is 13.2. The molecule has 1 heterocycles. The largest absolute Gasteiger partial charge is 0.492 e. The van der Waals surface area contributed by atoms with Crippen LogP contribution in [0.1, 0.15) is 5.82 Å². The summed E-state index contributed by atoms with van der Waals surface area (Å²) in [6, 6.07) is 9.75. The van der Waals surface area contributed by atoms with Crippen LogP contribution in [0.2, 0.25) is 0 Å². The van der Waals surface area contributed by atoms with Gasteiger partial charge in [0.1, 0.15) is 18.2 Å². The summed E-state index contributed by atoms with van der Waals surface area (Å²) in [5, 5.41) is 0. The van der Waals surface area contributed by atoms with Crippen molar-refractivity contribution in [1.82, 2.24) is 19.9 Å². The molecule has 22 heavy (non-hydrogen) atoms. The van der Waals surface area contributed by atoms with Gasteiger partial charge >= 0.3 is 0 Å². The normalized spacial score (nSPS) is 10.7. The van der Waals surface area contributed by atoms with E-state index >= 15 is 0 Å². The van der Waals surface area contributed by atoms with Crippen molar-refractivity contribution in [3.8, 4) is 5.75 Å². The number of ether oxygens (including phenoxy) is 1. The Kier molecular flexibility index (Phi) is 5.48. The number of aromatic nitrogens is 3. The molecular weight excluding hydrogens is 280 g/mol. The molecule has 7 heteroatoms. The molecule has 0 aliphatic carbocycles. The zero-order chi connectivity index (χ0) is 15.9. The van der Waals surface area contributed by atoms with E-state index < -0.39 is 0 Å². The smallest absolute Gasteiger partial charge is 0.229 e. The van der Waals surface area contributed by atoms with Gasteiger partial charge in [0.25, 0.3) is 0 Å². The molecule has 7 nitrogen and oxygen atoms in total. The number of benzene rings is 1. The van der Waals surface area contributed by atoms with Gasteiger partial charge in [-0.05, 0) is 19.2 Å². The summed E-state index contributed by atoms with van der Waals surface area (Å²) in [7, 11) is 5.73. The molecule has 1 aromatic carbocycles. The van der Waals surface area contributed by atoms with Crippen LogP contribution in [0.15, 0.2) is 30.3 Å². The summed E-state index contributed by atoms with van der Waals surface area (Å²) in [5.41, 5.74) is 5.72. The Morgan fingerprint density at radius 2 is 1.77 bits per heavy atom. The number of hydrogen-bond acceptors (Lipinski definition) is 7. The molecule has 2 N–H and O–H groups in total. The maximum atomic E-state index is 5.72. The van der Waals surface area contributed by atoms with Gasteiger partial charge in [0.15, 0.2) is 0 Å². The Balaban J connectivity index is 1.85. The predicted octanol–water partition coefficient (Wildman–Crippen LogP) is 1.03. The molecule has 0 unspecified atom stereocenters. The Morgan fingerprint density at radius 1 is 1.05 bits per heavy atom. The molecule has 0 atom stereocenters. The minimum absolute atomic E-state index is 0.239. The SMILES string of the molecule is CN(CCOc1ccccc1)Cc1nc(N)nc(N(C)C)n1. The lowest BCUT2D eigenvalue weighted by Crippen LogP contribution is -2.26. The topological polar surface area (TPSA) is 80.4 Å². The molecule has 0 fully saturated rings. The van der Waals surface area contributed by atoms with Crippen molar-refractivity contribution < 1.29 is 4.74 Å². The number of nitrogens with two attached hydrogens (primary N) is 1. The monoisotopic (exact) mass is 302 g/mol. The van der Waals surface area contributed by atoms with E-state index in [0.29, 0.717) is 24.9 Å². The zero-order valence-electron chi connectivity index (χ0n) is 13.2. The fraction of sp³-hybridized carbons (Fsp3) is 0.400. The van der Waals surface area contributed by atoms with Crippen LogP contribution in [0.25, 0.3) is 0 Å². The van der Waals surface area contributed by atoms with Crippen molar-refractivity contribution in [3.05, 3.63) is 36.2 Å². The average Bonchev–Trinajstić information content (AvgIpc) is 2.47. The molecule has 1 aromatic heterocycles. The molecule has 0 aliphatic rings. The van der Waals surface area contributed by atoms with E-state index in [-0.39, 0.29) is 5.95 Å². The number of anilines is 2. The van der Waals surface area contributed by atoms with Gasteiger partial charge < -0.3 is 15.4 Å². The number of likely N-dealkylation sites (N-methyl/N-ethyl adjacent to an activating group) is 1. The second kappa shape index (κ2) is 7.56. The van der Waals surface area contributed by atoms with Crippen LogP contribution in [0, 0.1) is 0 Å². The van der Waals surface area contributed by atoms with E-state index in [1.165, 1.54) is 0 Å². The first-order valence-electron chi connectivity index (χ1n) is 7.09. The third-order valence-corrected chi connectivity index (χ3v) is 2.98. The van der Waals surface area contributed by atoms with E-state index in [1.54, 1.807) is 4.90 Å². The third kappa shape index (κ3) is 4.85. The minimum Gasteiger partial charge on any atom is -0.492 e.